The van der Waals surface area contributed by atoms with Crippen molar-refractivity contribution in [3.63, 3.8) is 0 Å². The highest BCUT2D eigenvalue weighted by Gasteiger charge is 2.08. The fourth-order valence-electron chi connectivity index (χ4n) is 2.44. The molecule has 0 aromatic carbocycles. The van der Waals surface area contributed by atoms with Crippen molar-refractivity contribution < 1.29 is 0 Å². The van der Waals surface area contributed by atoms with Crippen LogP contribution in [0.4, 0.5) is 5.82 Å². The Morgan fingerprint density at radius 3 is 3.11 bits per heavy atom. The number of hydrogen-bond acceptors (Lipinski definition) is 4. The summed E-state index contributed by atoms with van der Waals surface area (Å²) in [6.07, 6.45) is 8.64. The van der Waals surface area contributed by atoms with Crippen LogP contribution in [0, 0.1) is 0 Å². The number of rotatable bonds is 4. The molecule has 100 valence electrons. The molecule has 0 saturated carbocycles. The molecule has 1 aliphatic rings. The number of halogens is 1. The lowest BCUT2D eigenvalue weighted by Crippen LogP contribution is -2.06. The minimum atomic E-state index is 0.314. The second-order valence-electron chi connectivity index (χ2n) is 4.77. The largest absolute Gasteiger partial charge is 0.369 e. The van der Waals surface area contributed by atoms with E-state index >= 15 is 0 Å². The van der Waals surface area contributed by atoms with Gasteiger partial charge in [0.15, 0.2) is 0 Å². The highest BCUT2D eigenvalue weighted by molar-refractivity contribution is 7.16. The Morgan fingerprint density at radius 1 is 1.32 bits per heavy atom. The second kappa shape index (κ2) is 5.88. The summed E-state index contributed by atoms with van der Waals surface area (Å²) in [7, 11) is 0. The molecule has 0 atom stereocenters. The summed E-state index contributed by atoms with van der Waals surface area (Å²) >= 11 is 7.53. The first-order chi connectivity index (χ1) is 9.33. The van der Waals surface area contributed by atoms with Crippen molar-refractivity contribution in [1.29, 1.82) is 0 Å². The van der Waals surface area contributed by atoms with E-state index in [-0.39, 0.29) is 0 Å². The summed E-state index contributed by atoms with van der Waals surface area (Å²) in [4.78, 5) is 9.45. The molecule has 5 heteroatoms. The summed E-state index contributed by atoms with van der Waals surface area (Å²) < 4.78 is 0. The standard InChI is InChI=1S/C14H16ClN3S/c15-14-17-12(11-7-9-19-13(11)18-14)16-8-6-10-4-2-1-3-5-10/h4,7,9H,1-3,5-6,8H2,(H,16,17,18). The lowest BCUT2D eigenvalue weighted by atomic mass is 9.97. The minimum Gasteiger partial charge on any atom is -0.369 e. The number of fused-ring (bicyclic) bond motifs is 1. The zero-order valence-corrected chi connectivity index (χ0v) is 12.2. The van der Waals surface area contributed by atoms with Crippen molar-refractivity contribution >= 4 is 39.0 Å². The van der Waals surface area contributed by atoms with E-state index in [9.17, 15) is 0 Å². The molecular formula is C14H16ClN3S. The molecule has 0 aliphatic heterocycles. The van der Waals surface area contributed by atoms with Crippen LogP contribution in [0.15, 0.2) is 23.1 Å². The number of anilines is 1. The molecule has 0 radical (unpaired) electrons. The molecule has 0 spiro atoms. The Balaban J connectivity index is 1.68. The molecule has 3 rings (SSSR count). The molecule has 0 saturated heterocycles. The normalized spacial score (nSPS) is 15.5. The molecule has 1 aliphatic carbocycles. The van der Waals surface area contributed by atoms with Crippen molar-refractivity contribution in [2.45, 2.75) is 32.1 Å². The summed E-state index contributed by atoms with van der Waals surface area (Å²) in [6.45, 7) is 0.907. The number of thiophene rings is 1. The maximum Gasteiger partial charge on any atom is 0.225 e. The van der Waals surface area contributed by atoms with Crippen LogP contribution in [0.3, 0.4) is 0 Å². The van der Waals surface area contributed by atoms with Gasteiger partial charge in [-0.15, -0.1) is 11.3 Å². The van der Waals surface area contributed by atoms with Crippen LogP contribution in [-0.2, 0) is 0 Å². The van der Waals surface area contributed by atoms with E-state index in [1.54, 1.807) is 16.9 Å². The highest BCUT2D eigenvalue weighted by atomic mass is 35.5. The predicted molar refractivity (Wildman–Crippen MR) is 82.1 cm³/mol. The first-order valence-electron chi connectivity index (χ1n) is 6.65. The van der Waals surface area contributed by atoms with Crippen LogP contribution in [0.25, 0.3) is 10.2 Å². The summed E-state index contributed by atoms with van der Waals surface area (Å²) in [5.41, 5.74) is 1.57. The monoisotopic (exact) mass is 293 g/mol. The number of nitrogens with zero attached hydrogens (tertiary/aromatic N) is 2. The van der Waals surface area contributed by atoms with Gasteiger partial charge < -0.3 is 5.32 Å². The van der Waals surface area contributed by atoms with Crippen molar-refractivity contribution in [3.05, 3.63) is 28.4 Å². The molecule has 0 fully saturated rings. The van der Waals surface area contributed by atoms with Gasteiger partial charge >= 0.3 is 0 Å². The van der Waals surface area contributed by atoms with Crippen molar-refractivity contribution in [2.24, 2.45) is 0 Å². The third-order valence-electron chi connectivity index (χ3n) is 3.42. The van der Waals surface area contributed by atoms with Gasteiger partial charge in [0.2, 0.25) is 5.28 Å². The van der Waals surface area contributed by atoms with Crippen LogP contribution in [-0.4, -0.2) is 16.5 Å². The number of aromatic nitrogens is 2. The molecule has 2 aromatic heterocycles. The maximum absolute atomic E-state index is 5.94. The Bertz CT molecular complexity index is 606. The Morgan fingerprint density at radius 2 is 2.26 bits per heavy atom. The van der Waals surface area contributed by atoms with E-state index in [4.69, 9.17) is 11.6 Å². The van der Waals surface area contributed by atoms with Crippen molar-refractivity contribution in [1.82, 2.24) is 9.97 Å². The van der Waals surface area contributed by atoms with Gasteiger partial charge in [-0.25, -0.2) is 9.97 Å². The van der Waals surface area contributed by atoms with Gasteiger partial charge in [-0.1, -0.05) is 11.6 Å². The Labute approximate surface area is 121 Å². The van der Waals surface area contributed by atoms with E-state index < -0.39 is 0 Å². The zero-order chi connectivity index (χ0) is 13.1. The molecule has 0 amide bonds. The second-order valence-corrected chi connectivity index (χ2v) is 6.00. The summed E-state index contributed by atoms with van der Waals surface area (Å²) in [5.74, 6) is 0.854. The zero-order valence-electron chi connectivity index (χ0n) is 10.7. The smallest absolute Gasteiger partial charge is 0.225 e. The fraction of sp³-hybridized carbons (Fsp3) is 0.429. The van der Waals surface area contributed by atoms with Gasteiger partial charge in [-0.2, -0.15) is 0 Å². The Hall–Kier alpha value is -1.13. The van der Waals surface area contributed by atoms with Gasteiger partial charge in [-0.05, 0) is 55.2 Å². The number of hydrogen-bond donors (Lipinski definition) is 1. The first-order valence-corrected chi connectivity index (χ1v) is 7.91. The Kier molecular flexibility index (Phi) is 3.99. The topological polar surface area (TPSA) is 37.8 Å². The predicted octanol–water partition coefficient (Wildman–Crippen LogP) is 4.65. The molecule has 3 nitrogen and oxygen atoms in total. The highest BCUT2D eigenvalue weighted by Crippen LogP contribution is 2.27. The van der Waals surface area contributed by atoms with Gasteiger partial charge in [0.25, 0.3) is 0 Å². The first kappa shape index (κ1) is 12.9. The van der Waals surface area contributed by atoms with E-state index in [2.05, 4.69) is 21.4 Å². The molecule has 0 unspecified atom stereocenters. The quantitative estimate of drug-likeness (QED) is 0.659. The fourth-order valence-corrected chi connectivity index (χ4v) is 3.42. The molecule has 2 heterocycles. The molecule has 19 heavy (non-hydrogen) atoms. The SMILES string of the molecule is Clc1nc(NCCC2=CCCCC2)c2ccsc2n1. The van der Waals surface area contributed by atoms with E-state index in [0.717, 1.165) is 29.0 Å². The van der Waals surface area contributed by atoms with Crippen molar-refractivity contribution in [2.75, 3.05) is 11.9 Å². The molecule has 1 N–H and O–H groups in total. The average Bonchev–Trinajstić information content (AvgIpc) is 2.88. The third-order valence-corrected chi connectivity index (χ3v) is 4.40. The van der Waals surface area contributed by atoms with E-state index in [1.165, 1.54) is 25.7 Å². The molecular weight excluding hydrogens is 278 g/mol. The van der Waals surface area contributed by atoms with Crippen LogP contribution < -0.4 is 5.32 Å². The molecule has 2 aromatic rings. The number of allylic oxidation sites excluding steroid dienone is 1. The maximum atomic E-state index is 5.94. The van der Waals surface area contributed by atoms with Gasteiger partial charge in [-0.3, -0.25) is 0 Å². The van der Waals surface area contributed by atoms with Crippen molar-refractivity contribution in [3.8, 4) is 0 Å². The summed E-state index contributed by atoms with van der Waals surface area (Å²) in [6, 6.07) is 2.04. The van der Waals surface area contributed by atoms with Crippen LogP contribution in [0.1, 0.15) is 32.1 Å². The van der Waals surface area contributed by atoms with E-state index in [1.807, 2.05) is 11.4 Å². The average molecular weight is 294 g/mol. The molecule has 0 bridgehead atoms. The van der Waals surface area contributed by atoms with Crippen LogP contribution >= 0.6 is 22.9 Å². The van der Waals surface area contributed by atoms with Gasteiger partial charge in [0.05, 0.1) is 5.39 Å². The third kappa shape index (κ3) is 3.07. The lowest BCUT2D eigenvalue weighted by Gasteiger charge is -2.13. The van der Waals surface area contributed by atoms with Crippen LogP contribution in [0.5, 0.6) is 0 Å². The van der Waals surface area contributed by atoms with Crippen LogP contribution in [0.2, 0.25) is 5.28 Å². The summed E-state index contributed by atoms with van der Waals surface area (Å²) in [5, 5.41) is 6.79. The van der Waals surface area contributed by atoms with E-state index in [0.29, 0.717) is 5.28 Å². The lowest BCUT2D eigenvalue weighted by molar-refractivity contribution is 0.679. The van der Waals surface area contributed by atoms with Gasteiger partial charge in [0, 0.05) is 6.54 Å². The van der Waals surface area contributed by atoms with Gasteiger partial charge in [0.1, 0.15) is 10.6 Å². The minimum absolute atomic E-state index is 0.314. The number of nitrogens with one attached hydrogen (secondary N) is 1.